The van der Waals surface area contributed by atoms with E-state index in [4.69, 9.17) is 26.8 Å². The highest BCUT2D eigenvalue weighted by atomic mass is 35.5. The van der Waals surface area contributed by atoms with Crippen LogP contribution in [0.15, 0.2) is 122 Å². The van der Waals surface area contributed by atoms with Crippen LogP contribution in [0.3, 0.4) is 0 Å². The maximum absolute atomic E-state index is 14.8. The number of hydrogen-bond donors (Lipinski definition) is 2. The maximum atomic E-state index is 14.8. The van der Waals surface area contributed by atoms with Gasteiger partial charge in [-0.3, -0.25) is 9.97 Å². The highest BCUT2D eigenvalue weighted by Gasteiger charge is 2.31. The molecule has 12 nitrogen and oxygen atoms in total. The summed E-state index contributed by atoms with van der Waals surface area (Å²) in [4.78, 5) is 28.3. The fourth-order valence-corrected chi connectivity index (χ4v) is 7.75. The first-order valence-corrected chi connectivity index (χ1v) is 21.5. The molecule has 2 atom stereocenters. The van der Waals surface area contributed by atoms with Crippen LogP contribution >= 0.6 is 11.6 Å². The number of ether oxygens (including phenoxy) is 2. The van der Waals surface area contributed by atoms with Crippen molar-refractivity contribution in [1.29, 1.82) is 0 Å². The molecule has 0 spiro atoms. The number of nitrogens with two attached hydrogens (primary N) is 1. The van der Waals surface area contributed by atoms with E-state index in [0.717, 1.165) is 34.6 Å². The Balaban J connectivity index is 0.000000170. The summed E-state index contributed by atoms with van der Waals surface area (Å²) in [5, 5.41) is 3.08. The average Bonchev–Trinajstić information content (AvgIpc) is 3.31. The van der Waals surface area contributed by atoms with Crippen LogP contribution < -0.4 is 30.3 Å². The Morgan fingerprint density at radius 3 is 1.59 bits per heavy atom. The van der Waals surface area contributed by atoms with Gasteiger partial charge in [0.05, 0.1) is 24.5 Å². The molecule has 4 aromatic heterocycles. The quantitative estimate of drug-likeness (QED) is 0.0931. The van der Waals surface area contributed by atoms with Crippen molar-refractivity contribution < 1.29 is 35.8 Å². The van der Waals surface area contributed by atoms with Gasteiger partial charge in [-0.15, -0.1) is 0 Å². The van der Waals surface area contributed by atoms with E-state index in [9.17, 15) is 26.3 Å². The first kappa shape index (κ1) is 49.9. The number of aromatic nitrogens is 6. The van der Waals surface area contributed by atoms with Crippen molar-refractivity contribution in [3.63, 3.8) is 0 Å². The number of aryl methyl sites for hydroxylation is 2. The average molecular weight is 979 g/mol. The number of benzene rings is 4. The normalized spacial score (nSPS) is 14.5. The third-order valence-corrected chi connectivity index (χ3v) is 11.3. The van der Waals surface area contributed by atoms with Crippen molar-refractivity contribution in [1.82, 2.24) is 29.9 Å². The molecule has 0 amide bonds. The number of nitrogens with zero attached hydrogens (tertiary/aromatic N) is 8. The molecule has 6 heterocycles. The number of nitrogen functional groups attached to an aromatic ring is 1. The van der Waals surface area contributed by atoms with E-state index >= 15 is 0 Å². The number of nitrogens with one attached hydrogen (secondary N) is 1. The number of hydrogen-bond acceptors (Lipinski definition) is 12. The van der Waals surface area contributed by atoms with E-state index in [1.54, 1.807) is 72.7 Å². The summed E-state index contributed by atoms with van der Waals surface area (Å²) in [6.07, 6.45) is 6.28. The molecule has 0 saturated carbocycles. The van der Waals surface area contributed by atoms with Gasteiger partial charge in [-0.05, 0) is 109 Å². The molecule has 8 aromatic rings. The van der Waals surface area contributed by atoms with E-state index in [-0.39, 0.29) is 37.7 Å². The zero-order chi connectivity index (χ0) is 48.9. The molecule has 0 saturated heterocycles. The van der Waals surface area contributed by atoms with Gasteiger partial charge in [0.25, 0.3) is 0 Å². The van der Waals surface area contributed by atoms with Crippen molar-refractivity contribution in [3.05, 3.63) is 185 Å². The van der Waals surface area contributed by atoms with Gasteiger partial charge in [0.1, 0.15) is 48.1 Å². The lowest BCUT2D eigenvalue weighted by atomic mass is 10.0. The monoisotopic (exact) mass is 978 g/mol. The second kappa shape index (κ2) is 21.5. The van der Waals surface area contributed by atoms with Crippen LogP contribution in [0.4, 0.5) is 55.3 Å². The highest BCUT2D eigenvalue weighted by Crippen LogP contribution is 2.39. The summed E-state index contributed by atoms with van der Waals surface area (Å²) in [7, 11) is 3.49. The molecule has 2 aliphatic heterocycles. The van der Waals surface area contributed by atoms with Crippen molar-refractivity contribution in [3.8, 4) is 33.8 Å². The van der Waals surface area contributed by atoms with Crippen LogP contribution in [0.5, 0.6) is 11.5 Å². The minimum absolute atomic E-state index is 0. The molecule has 19 heteroatoms. The molecule has 10 rings (SSSR count). The molecule has 360 valence electrons. The van der Waals surface area contributed by atoms with Gasteiger partial charge in [-0.2, -0.15) is 9.97 Å². The zero-order valence-electron chi connectivity index (χ0n) is 37.2. The summed E-state index contributed by atoms with van der Waals surface area (Å²) in [6, 6.07) is 22.7. The third-order valence-electron chi connectivity index (χ3n) is 11.1. The second-order valence-corrected chi connectivity index (χ2v) is 16.2. The second-order valence-electron chi connectivity index (χ2n) is 15.8. The van der Waals surface area contributed by atoms with E-state index in [1.165, 1.54) is 48.8 Å². The first-order chi connectivity index (χ1) is 33.1. The van der Waals surface area contributed by atoms with Crippen LogP contribution in [0.25, 0.3) is 22.3 Å². The van der Waals surface area contributed by atoms with Gasteiger partial charge in [0.15, 0.2) is 23.1 Å². The molecule has 0 fully saturated rings. The summed E-state index contributed by atoms with van der Waals surface area (Å²) >= 11 is 5.76. The minimum Gasteiger partial charge on any atom is -0.486 e. The lowest BCUT2D eigenvalue weighted by Crippen LogP contribution is -2.35. The lowest BCUT2D eigenvalue weighted by molar-refractivity contribution is 0.262. The van der Waals surface area contributed by atoms with Crippen molar-refractivity contribution in [2.45, 2.75) is 33.4 Å². The Labute approximate surface area is 404 Å². The predicted molar refractivity (Wildman–Crippen MR) is 258 cm³/mol. The Bertz CT molecular complexity index is 3170. The largest absolute Gasteiger partial charge is 0.486 e. The lowest BCUT2D eigenvalue weighted by Gasteiger charge is -2.35. The fraction of sp³-hybridized carbons (Fsp3) is 0.176. The van der Waals surface area contributed by atoms with E-state index in [2.05, 4.69) is 35.2 Å². The van der Waals surface area contributed by atoms with E-state index < -0.39 is 41.2 Å². The van der Waals surface area contributed by atoms with Crippen LogP contribution in [0.1, 0.15) is 42.0 Å². The number of fused-ring (bicyclic) bond motifs is 2. The smallest absolute Gasteiger partial charge is 0.229 e. The third kappa shape index (κ3) is 11.3. The Morgan fingerprint density at radius 1 is 0.586 bits per heavy atom. The fourth-order valence-electron chi connectivity index (χ4n) is 7.62. The maximum Gasteiger partial charge on any atom is 0.229 e. The molecule has 4 aromatic carbocycles. The summed E-state index contributed by atoms with van der Waals surface area (Å²) in [6.45, 7) is 4.10. The molecule has 2 unspecified atom stereocenters. The van der Waals surface area contributed by atoms with Gasteiger partial charge in [-0.1, -0.05) is 19.6 Å². The molecule has 70 heavy (non-hydrogen) atoms. The standard InChI is InChI=1S/C25H20F3N5O.C13H10ClF2N3O.C12H11FN2.CH4/c1-14-9-15(7-8-29-14)18-6-4-17(11-21(18)28)31-25-30-12-23-24(32-25)33(2)22(13-34-23)19-5-3-16(26)10-20(19)27;1-19-10(8-3-2-7(15)4-9(8)16)6-20-11-5-17-13(14)18-12(11)19;1-8-6-9(4-5-15-8)11-3-2-10(14)7-12(11)13;/h3-12,22H,13H2,1-2H3,(H,30,31,32);2-5,10H,6H2,1H3;2-7H,14H2,1H3;1H4. The van der Waals surface area contributed by atoms with Gasteiger partial charge in [-0.25, -0.2) is 36.3 Å². The molecule has 2 aliphatic rings. The van der Waals surface area contributed by atoms with E-state index in [0.29, 0.717) is 56.8 Å². The number of pyridine rings is 2. The van der Waals surface area contributed by atoms with Crippen molar-refractivity contribution in [2.75, 3.05) is 48.2 Å². The Morgan fingerprint density at radius 2 is 1.09 bits per heavy atom. The van der Waals surface area contributed by atoms with Crippen LogP contribution in [-0.2, 0) is 0 Å². The minimum atomic E-state index is -0.656. The highest BCUT2D eigenvalue weighted by molar-refractivity contribution is 6.28. The molecule has 0 bridgehead atoms. The number of halogens is 7. The zero-order valence-corrected chi connectivity index (χ0v) is 38.0. The van der Waals surface area contributed by atoms with Gasteiger partial charge >= 0.3 is 0 Å². The molecular weight excluding hydrogens is 934 g/mol. The predicted octanol–water partition coefficient (Wildman–Crippen LogP) is 12.0. The molecule has 3 N–H and O–H groups in total. The molecule has 0 aliphatic carbocycles. The number of likely N-dealkylation sites (N-methyl/N-ethyl adjacent to an activating group) is 2. The van der Waals surface area contributed by atoms with Crippen LogP contribution in [-0.4, -0.2) is 57.2 Å². The number of anilines is 5. The Kier molecular flexibility index (Phi) is 15.4. The van der Waals surface area contributed by atoms with Crippen LogP contribution in [0.2, 0.25) is 5.28 Å². The summed E-state index contributed by atoms with van der Waals surface area (Å²) in [5.74, 6) is -1.19. The SMILES string of the molecule is C.CN1c2nc(Cl)ncc2OCC1c1ccc(F)cc1F.Cc1cc(-c2ccc(N)cc2F)ccn1.Cc1cc(-c2ccc(Nc3ncc4c(n3)N(C)C(c3ccc(F)cc3F)CO4)cc2F)ccn1. The van der Waals surface area contributed by atoms with Gasteiger partial charge < -0.3 is 30.3 Å². The topological polar surface area (TPSA) is 140 Å². The van der Waals surface area contributed by atoms with Gasteiger partial charge in [0.2, 0.25) is 11.2 Å². The molecule has 0 radical (unpaired) electrons. The number of rotatable bonds is 6. The van der Waals surface area contributed by atoms with Crippen LogP contribution in [0, 0.1) is 48.8 Å². The summed E-state index contributed by atoms with van der Waals surface area (Å²) < 4.78 is 94.2. The Hall–Kier alpha value is -7.99. The van der Waals surface area contributed by atoms with E-state index in [1.807, 2.05) is 26.0 Å². The molecular formula is C51H45ClF6N10O2. The van der Waals surface area contributed by atoms with Gasteiger partial charge in [0, 0.05) is 83.6 Å². The van der Waals surface area contributed by atoms with Crippen molar-refractivity contribution in [2.24, 2.45) is 0 Å². The summed E-state index contributed by atoms with van der Waals surface area (Å²) in [5.41, 5.74) is 11.2. The van der Waals surface area contributed by atoms with Crippen molar-refractivity contribution >= 4 is 40.6 Å². The first-order valence-electron chi connectivity index (χ1n) is 21.1.